The normalized spacial score (nSPS) is 13.8. The number of rotatable bonds is 6. The molecule has 1 aromatic rings. The molecular formula is C11H16F2N2O2S. The molecule has 1 unspecified atom stereocenters. The molecule has 0 aliphatic heterocycles. The number of sulfonamides is 1. The first-order valence-corrected chi connectivity index (χ1v) is 6.90. The molecule has 102 valence electrons. The molecule has 7 heteroatoms. The van der Waals surface area contributed by atoms with E-state index in [2.05, 4.69) is 5.32 Å². The smallest absolute Gasteiger partial charge is 0.251 e. The highest BCUT2D eigenvalue weighted by atomic mass is 32.2. The predicted octanol–water partition coefficient (Wildman–Crippen LogP) is 1.51. The zero-order valence-corrected chi connectivity index (χ0v) is 11.0. The molecule has 1 rings (SSSR count). The summed E-state index contributed by atoms with van der Waals surface area (Å²) in [5, 5.41) is 3.02. The molecule has 0 amide bonds. The Balaban J connectivity index is 2.84. The van der Waals surface area contributed by atoms with Crippen molar-refractivity contribution >= 4 is 10.0 Å². The van der Waals surface area contributed by atoms with Crippen molar-refractivity contribution < 1.29 is 17.2 Å². The first-order valence-electron chi connectivity index (χ1n) is 5.42. The first-order chi connectivity index (χ1) is 8.36. The summed E-state index contributed by atoms with van der Waals surface area (Å²) in [5.41, 5.74) is 0.922. The quantitative estimate of drug-likeness (QED) is 0.829. The van der Waals surface area contributed by atoms with Crippen LogP contribution >= 0.6 is 0 Å². The third kappa shape index (κ3) is 4.01. The second-order valence-corrected chi connectivity index (χ2v) is 5.59. The van der Waals surface area contributed by atoms with Gasteiger partial charge in [0.2, 0.25) is 10.0 Å². The Labute approximate surface area is 105 Å². The van der Waals surface area contributed by atoms with E-state index in [9.17, 15) is 17.2 Å². The maximum atomic E-state index is 12.0. The molecule has 1 aromatic carbocycles. The van der Waals surface area contributed by atoms with Gasteiger partial charge in [0, 0.05) is 6.04 Å². The molecule has 0 saturated heterocycles. The second-order valence-electron chi connectivity index (χ2n) is 3.82. The van der Waals surface area contributed by atoms with Gasteiger partial charge in [-0.15, -0.1) is 0 Å². The summed E-state index contributed by atoms with van der Waals surface area (Å²) in [5.74, 6) is 0. The van der Waals surface area contributed by atoms with Gasteiger partial charge in [-0.1, -0.05) is 12.1 Å². The van der Waals surface area contributed by atoms with Crippen molar-refractivity contribution in [1.82, 2.24) is 10.0 Å². The van der Waals surface area contributed by atoms with Gasteiger partial charge in [-0.05, 0) is 31.7 Å². The Bertz CT molecular complexity index is 474. The van der Waals surface area contributed by atoms with Gasteiger partial charge >= 0.3 is 0 Å². The third-order valence-electron chi connectivity index (χ3n) is 2.55. The molecule has 0 bridgehead atoms. The van der Waals surface area contributed by atoms with Crippen molar-refractivity contribution in [2.75, 3.05) is 13.6 Å². The number of alkyl halides is 2. The van der Waals surface area contributed by atoms with Crippen LogP contribution in [0, 0.1) is 0 Å². The minimum atomic E-state index is -3.85. The van der Waals surface area contributed by atoms with Crippen molar-refractivity contribution in [3.63, 3.8) is 0 Å². The van der Waals surface area contributed by atoms with Crippen LogP contribution in [0.2, 0.25) is 0 Å². The molecule has 0 aromatic heterocycles. The number of nitrogens with one attached hydrogen (secondary N) is 2. The number of halogens is 2. The molecular weight excluding hydrogens is 262 g/mol. The van der Waals surface area contributed by atoms with E-state index >= 15 is 0 Å². The molecule has 0 fully saturated rings. The monoisotopic (exact) mass is 278 g/mol. The Morgan fingerprint density at radius 3 is 2.22 bits per heavy atom. The van der Waals surface area contributed by atoms with E-state index < -0.39 is 23.0 Å². The molecule has 2 N–H and O–H groups in total. The second kappa shape index (κ2) is 6.21. The van der Waals surface area contributed by atoms with Crippen LogP contribution in [0.15, 0.2) is 29.2 Å². The summed E-state index contributed by atoms with van der Waals surface area (Å²) in [6, 6.07) is 6.19. The van der Waals surface area contributed by atoms with Crippen LogP contribution in [0.3, 0.4) is 0 Å². The fourth-order valence-electron chi connectivity index (χ4n) is 1.36. The van der Waals surface area contributed by atoms with Gasteiger partial charge in [0.1, 0.15) is 0 Å². The molecule has 0 aliphatic rings. The van der Waals surface area contributed by atoms with Crippen LogP contribution in [0.25, 0.3) is 0 Å². The van der Waals surface area contributed by atoms with E-state index in [0.717, 1.165) is 5.56 Å². The van der Waals surface area contributed by atoms with E-state index in [1.807, 2.05) is 11.6 Å². The first kappa shape index (κ1) is 15.0. The summed E-state index contributed by atoms with van der Waals surface area (Å²) in [4.78, 5) is -0.0183. The van der Waals surface area contributed by atoms with Gasteiger partial charge in [-0.2, -0.15) is 0 Å². The van der Waals surface area contributed by atoms with Crippen LogP contribution in [-0.4, -0.2) is 28.4 Å². The van der Waals surface area contributed by atoms with E-state index in [4.69, 9.17) is 0 Å². The Kier molecular flexibility index (Phi) is 5.18. The number of hydrogen-bond donors (Lipinski definition) is 2. The fraction of sp³-hybridized carbons (Fsp3) is 0.455. The maximum absolute atomic E-state index is 12.0. The van der Waals surface area contributed by atoms with Crippen molar-refractivity contribution in [2.24, 2.45) is 0 Å². The third-order valence-corrected chi connectivity index (χ3v) is 3.99. The molecule has 1 atom stereocenters. The molecule has 0 aliphatic carbocycles. The Morgan fingerprint density at radius 2 is 1.78 bits per heavy atom. The summed E-state index contributed by atoms with van der Waals surface area (Å²) in [7, 11) is -2.06. The Morgan fingerprint density at radius 1 is 1.22 bits per heavy atom. The van der Waals surface area contributed by atoms with Gasteiger partial charge in [-0.25, -0.2) is 21.9 Å². The van der Waals surface area contributed by atoms with E-state index in [-0.39, 0.29) is 10.9 Å². The van der Waals surface area contributed by atoms with E-state index in [1.165, 1.54) is 12.1 Å². The van der Waals surface area contributed by atoms with Gasteiger partial charge in [0.25, 0.3) is 6.43 Å². The molecule has 0 saturated carbocycles. The molecule has 4 nitrogen and oxygen atoms in total. The summed E-state index contributed by atoms with van der Waals surface area (Å²) < 4.78 is 49.0. The molecule has 18 heavy (non-hydrogen) atoms. The lowest BCUT2D eigenvalue weighted by Crippen LogP contribution is -2.28. The summed E-state index contributed by atoms with van der Waals surface area (Å²) in [6.07, 6.45) is -2.71. The predicted molar refractivity (Wildman–Crippen MR) is 65.1 cm³/mol. The van der Waals surface area contributed by atoms with Gasteiger partial charge in [0.15, 0.2) is 0 Å². The molecule has 0 radical (unpaired) electrons. The topological polar surface area (TPSA) is 58.2 Å². The van der Waals surface area contributed by atoms with Crippen LogP contribution in [0.5, 0.6) is 0 Å². The molecule has 0 heterocycles. The average molecular weight is 278 g/mol. The maximum Gasteiger partial charge on any atom is 0.251 e. The van der Waals surface area contributed by atoms with Crippen molar-refractivity contribution in [3.05, 3.63) is 29.8 Å². The highest BCUT2D eigenvalue weighted by Crippen LogP contribution is 2.15. The van der Waals surface area contributed by atoms with Crippen LogP contribution in [0.1, 0.15) is 18.5 Å². The van der Waals surface area contributed by atoms with Crippen molar-refractivity contribution in [3.8, 4) is 0 Å². The van der Waals surface area contributed by atoms with Crippen LogP contribution in [0.4, 0.5) is 8.78 Å². The molecule has 0 spiro atoms. The SMILES string of the molecule is CNC(C)c1ccc(S(=O)(=O)NCC(F)F)cc1. The largest absolute Gasteiger partial charge is 0.313 e. The minimum absolute atomic E-state index is 0.0183. The lowest BCUT2D eigenvalue weighted by atomic mass is 10.1. The lowest BCUT2D eigenvalue weighted by Gasteiger charge is -2.11. The minimum Gasteiger partial charge on any atom is -0.313 e. The zero-order chi connectivity index (χ0) is 13.8. The average Bonchev–Trinajstić information content (AvgIpc) is 2.36. The van der Waals surface area contributed by atoms with Crippen molar-refractivity contribution in [1.29, 1.82) is 0 Å². The van der Waals surface area contributed by atoms with Crippen LogP contribution in [-0.2, 0) is 10.0 Å². The van der Waals surface area contributed by atoms with E-state index in [0.29, 0.717) is 0 Å². The fourth-order valence-corrected chi connectivity index (χ4v) is 2.36. The number of benzene rings is 1. The highest BCUT2D eigenvalue weighted by molar-refractivity contribution is 7.89. The van der Waals surface area contributed by atoms with Crippen molar-refractivity contribution in [2.45, 2.75) is 24.3 Å². The number of hydrogen-bond acceptors (Lipinski definition) is 3. The van der Waals surface area contributed by atoms with Gasteiger partial charge < -0.3 is 5.32 Å². The zero-order valence-electron chi connectivity index (χ0n) is 10.2. The Hall–Kier alpha value is -1.05. The van der Waals surface area contributed by atoms with Gasteiger partial charge in [-0.3, -0.25) is 0 Å². The summed E-state index contributed by atoms with van der Waals surface area (Å²) in [6.45, 7) is 1.05. The van der Waals surface area contributed by atoms with Crippen LogP contribution < -0.4 is 10.0 Å². The summed E-state index contributed by atoms with van der Waals surface area (Å²) >= 11 is 0. The standard InChI is InChI=1S/C11H16F2N2O2S/c1-8(14-2)9-3-5-10(6-4-9)18(16,17)15-7-11(12)13/h3-6,8,11,14-15H,7H2,1-2H3. The lowest BCUT2D eigenvalue weighted by molar-refractivity contribution is 0.153. The van der Waals surface area contributed by atoms with Gasteiger partial charge in [0.05, 0.1) is 11.4 Å². The van der Waals surface area contributed by atoms with E-state index in [1.54, 1.807) is 19.2 Å². The highest BCUT2D eigenvalue weighted by Gasteiger charge is 2.16.